The van der Waals surface area contributed by atoms with Crippen LogP contribution < -0.4 is 0 Å². The van der Waals surface area contributed by atoms with Crippen LogP contribution in [0.25, 0.3) is 0 Å². The second kappa shape index (κ2) is 16.6. The highest BCUT2D eigenvalue weighted by Crippen LogP contribution is 2.15. The average molecular weight is 537 g/mol. The summed E-state index contributed by atoms with van der Waals surface area (Å²) in [4.78, 5) is 16.8. The van der Waals surface area contributed by atoms with Crippen LogP contribution in [0.2, 0.25) is 0 Å². The Kier molecular flexibility index (Phi) is 12.1. The zero-order valence-electron chi connectivity index (χ0n) is 22.0. The number of aliphatic imine (C=N–C) groups is 4. The van der Waals surface area contributed by atoms with Gasteiger partial charge < -0.3 is 20.4 Å². The standard InChI is InChI=1S/2C16H16N2O2/c2*19-15-7-3-1-5-13(15)11-17-9-10-18-12-14-6-2-4-8-16(14)20/h2*1-8,11-12,19-20H,9-10H2/b2*17-11+,18-12+. The van der Waals surface area contributed by atoms with Gasteiger partial charge in [0.1, 0.15) is 23.0 Å². The normalized spacial score (nSPS) is 11.4. The van der Waals surface area contributed by atoms with Gasteiger partial charge in [0, 0.05) is 47.1 Å². The molecule has 0 spiro atoms. The van der Waals surface area contributed by atoms with Gasteiger partial charge in [-0.2, -0.15) is 0 Å². The van der Waals surface area contributed by atoms with Crippen LogP contribution in [0.1, 0.15) is 22.3 Å². The number of rotatable bonds is 10. The topological polar surface area (TPSA) is 130 Å². The first kappa shape index (κ1) is 29.3. The number of phenols is 4. The fourth-order valence-corrected chi connectivity index (χ4v) is 3.27. The van der Waals surface area contributed by atoms with Crippen LogP contribution >= 0.6 is 0 Å². The monoisotopic (exact) mass is 536 g/mol. The highest BCUT2D eigenvalue weighted by atomic mass is 16.3. The lowest BCUT2D eigenvalue weighted by molar-refractivity contribution is 0.474. The van der Waals surface area contributed by atoms with E-state index in [1.807, 2.05) is 24.3 Å². The van der Waals surface area contributed by atoms with Gasteiger partial charge in [-0.15, -0.1) is 0 Å². The lowest BCUT2D eigenvalue weighted by atomic mass is 10.2. The molecule has 0 atom stereocenters. The van der Waals surface area contributed by atoms with Crippen molar-refractivity contribution in [1.82, 2.24) is 0 Å². The maximum Gasteiger partial charge on any atom is 0.124 e. The highest BCUT2D eigenvalue weighted by Gasteiger charge is 1.96. The second-order valence-corrected chi connectivity index (χ2v) is 8.38. The summed E-state index contributed by atoms with van der Waals surface area (Å²) in [6, 6.07) is 28.1. The SMILES string of the molecule is Oc1ccccc1/C=N/CC/N=C/c1ccccc1O.Oc1ccccc1/C=N/CC/N=C/c1ccccc1O. The molecule has 40 heavy (non-hydrogen) atoms. The molecule has 4 N–H and O–H groups in total. The number of para-hydroxylation sites is 4. The highest BCUT2D eigenvalue weighted by molar-refractivity contribution is 5.85. The van der Waals surface area contributed by atoms with Crippen molar-refractivity contribution >= 4 is 24.9 Å². The molecule has 0 radical (unpaired) electrons. The van der Waals surface area contributed by atoms with Crippen LogP contribution in [0.15, 0.2) is 117 Å². The zero-order chi connectivity index (χ0) is 28.4. The Labute approximate surface area is 233 Å². The maximum absolute atomic E-state index is 9.54. The molecule has 4 aromatic carbocycles. The third kappa shape index (κ3) is 10.3. The largest absolute Gasteiger partial charge is 0.507 e. The summed E-state index contributed by atoms with van der Waals surface area (Å²) in [7, 11) is 0. The average Bonchev–Trinajstić information content (AvgIpc) is 2.96. The van der Waals surface area contributed by atoms with Crippen LogP contribution in [-0.2, 0) is 0 Å². The third-order valence-electron chi connectivity index (χ3n) is 5.38. The Bertz CT molecular complexity index is 1240. The van der Waals surface area contributed by atoms with E-state index in [1.54, 1.807) is 97.7 Å². The number of aromatic hydroxyl groups is 4. The van der Waals surface area contributed by atoms with Crippen LogP contribution in [0.3, 0.4) is 0 Å². The van der Waals surface area contributed by atoms with Crippen molar-refractivity contribution in [3.8, 4) is 23.0 Å². The molecule has 204 valence electrons. The predicted octanol–water partition coefficient (Wildman–Crippen LogP) is 5.27. The molecule has 0 saturated carbocycles. The Morgan fingerprint density at radius 3 is 0.750 bits per heavy atom. The minimum atomic E-state index is 0.217. The van der Waals surface area contributed by atoms with Gasteiger partial charge in [-0.05, 0) is 48.5 Å². The third-order valence-corrected chi connectivity index (χ3v) is 5.38. The van der Waals surface area contributed by atoms with Crippen molar-refractivity contribution in [3.05, 3.63) is 119 Å². The van der Waals surface area contributed by atoms with E-state index >= 15 is 0 Å². The van der Waals surface area contributed by atoms with Crippen molar-refractivity contribution in [2.75, 3.05) is 26.2 Å². The molecule has 0 aliphatic heterocycles. The minimum Gasteiger partial charge on any atom is -0.507 e. The Morgan fingerprint density at radius 2 is 0.550 bits per heavy atom. The minimum absolute atomic E-state index is 0.217. The van der Waals surface area contributed by atoms with Gasteiger partial charge in [0.25, 0.3) is 0 Å². The Hall–Kier alpha value is -5.24. The molecule has 0 unspecified atom stereocenters. The maximum atomic E-state index is 9.54. The molecular formula is C32H32N4O4. The van der Waals surface area contributed by atoms with Crippen LogP contribution in [0.5, 0.6) is 23.0 Å². The van der Waals surface area contributed by atoms with Gasteiger partial charge in [0.15, 0.2) is 0 Å². The molecule has 8 heteroatoms. The molecule has 0 heterocycles. The van der Waals surface area contributed by atoms with Crippen molar-refractivity contribution < 1.29 is 20.4 Å². The van der Waals surface area contributed by atoms with Gasteiger partial charge in [0.05, 0.1) is 26.2 Å². The molecule has 4 aromatic rings. The van der Waals surface area contributed by atoms with Crippen molar-refractivity contribution in [1.29, 1.82) is 0 Å². The Balaban J connectivity index is 0.000000220. The quantitative estimate of drug-likeness (QED) is 0.162. The molecule has 4 rings (SSSR count). The molecule has 0 amide bonds. The predicted molar refractivity (Wildman–Crippen MR) is 162 cm³/mol. The Morgan fingerprint density at radius 1 is 0.350 bits per heavy atom. The van der Waals surface area contributed by atoms with E-state index in [4.69, 9.17) is 0 Å². The van der Waals surface area contributed by atoms with Crippen LogP contribution in [-0.4, -0.2) is 71.5 Å². The number of phenolic OH excluding ortho intramolecular Hbond substituents is 4. The second-order valence-electron chi connectivity index (χ2n) is 8.38. The fourth-order valence-electron chi connectivity index (χ4n) is 3.27. The molecule has 8 nitrogen and oxygen atoms in total. The smallest absolute Gasteiger partial charge is 0.124 e. The van der Waals surface area contributed by atoms with Crippen LogP contribution in [0.4, 0.5) is 0 Å². The van der Waals surface area contributed by atoms with E-state index in [2.05, 4.69) is 20.0 Å². The lowest BCUT2D eigenvalue weighted by Gasteiger charge is -1.97. The molecule has 0 aliphatic carbocycles. The molecule has 0 bridgehead atoms. The number of hydrogen-bond donors (Lipinski definition) is 4. The van der Waals surface area contributed by atoms with E-state index in [0.717, 1.165) is 0 Å². The molecule has 0 aromatic heterocycles. The van der Waals surface area contributed by atoms with E-state index in [9.17, 15) is 20.4 Å². The first-order valence-corrected chi connectivity index (χ1v) is 12.7. The fraction of sp³-hybridized carbons (Fsp3) is 0.125. The summed E-state index contributed by atoms with van der Waals surface area (Å²) in [5, 5.41) is 38.2. The molecular weight excluding hydrogens is 504 g/mol. The van der Waals surface area contributed by atoms with E-state index in [0.29, 0.717) is 48.4 Å². The van der Waals surface area contributed by atoms with Gasteiger partial charge in [-0.1, -0.05) is 48.5 Å². The zero-order valence-corrected chi connectivity index (χ0v) is 22.0. The van der Waals surface area contributed by atoms with Gasteiger partial charge in [0.2, 0.25) is 0 Å². The van der Waals surface area contributed by atoms with E-state index < -0.39 is 0 Å². The summed E-state index contributed by atoms with van der Waals surface area (Å²) < 4.78 is 0. The summed E-state index contributed by atoms with van der Waals surface area (Å²) >= 11 is 0. The van der Waals surface area contributed by atoms with E-state index in [1.165, 1.54) is 0 Å². The van der Waals surface area contributed by atoms with Crippen LogP contribution in [0, 0.1) is 0 Å². The van der Waals surface area contributed by atoms with Gasteiger partial charge in [-0.25, -0.2) is 0 Å². The number of nitrogens with zero attached hydrogens (tertiary/aromatic N) is 4. The first-order valence-electron chi connectivity index (χ1n) is 12.7. The first-order chi connectivity index (χ1) is 19.5. The van der Waals surface area contributed by atoms with Gasteiger partial charge in [-0.3, -0.25) is 20.0 Å². The van der Waals surface area contributed by atoms with Crippen molar-refractivity contribution in [3.63, 3.8) is 0 Å². The van der Waals surface area contributed by atoms with E-state index in [-0.39, 0.29) is 23.0 Å². The molecule has 0 aliphatic rings. The number of hydrogen-bond acceptors (Lipinski definition) is 8. The summed E-state index contributed by atoms with van der Waals surface area (Å²) in [5.74, 6) is 0.867. The summed E-state index contributed by atoms with van der Waals surface area (Å²) in [6.45, 7) is 2.10. The lowest BCUT2D eigenvalue weighted by Crippen LogP contribution is -1.91. The van der Waals surface area contributed by atoms with Crippen molar-refractivity contribution in [2.45, 2.75) is 0 Å². The number of benzene rings is 4. The summed E-state index contributed by atoms with van der Waals surface area (Å²) in [6.07, 6.45) is 6.52. The molecule has 0 fully saturated rings. The molecule has 0 saturated heterocycles. The van der Waals surface area contributed by atoms with Gasteiger partial charge >= 0.3 is 0 Å². The summed E-state index contributed by atoms with van der Waals surface area (Å²) in [5.41, 5.74) is 2.77. The van der Waals surface area contributed by atoms with Crippen molar-refractivity contribution in [2.24, 2.45) is 20.0 Å².